The average Bonchev–Trinajstić information content (AvgIpc) is 1.69. The van der Waals surface area contributed by atoms with Crippen molar-refractivity contribution in [3.05, 3.63) is 11.8 Å². The molecular weight excluding hydrogens is 104 g/mol. The molecule has 0 rings (SSSR count). The molecule has 8 heavy (non-hydrogen) atoms. The van der Waals surface area contributed by atoms with Gasteiger partial charge in [-0.2, -0.15) is 5.11 Å². The summed E-state index contributed by atoms with van der Waals surface area (Å²) in [4.78, 5) is 10.3. The molecule has 0 heterocycles. The van der Waals surface area contributed by atoms with E-state index in [1.807, 2.05) is 0 Å². The minimum atomic E-state index is -0.164. The standard InChI is InChI=1S/C5H8N2O/c1-3-5(7-6)4(2)8/h3,6H,1-2H3/b5-3-,7-6?. The minimum absolute atomic E-state index is 0.164. The van der Waals surface area contributed by atoms with Gasteiger partial charge in [0.25, 0.3) is 0 Å². The van der Waals surface area contributed by atoms with Crippen LogP contribution in [0, 0.1) is 5.53 Å². The van der Waals surface area contributed by atoms with Gasteiger partial charge in [0.1, 0.15) is 5.70 Å². The van der Waals surface area contributed by atoms with Crippen LogP contribution >= 0.6 is 0 Å². The van der Waals surface area contributed by atoms with E-state index in [0.29, 0.717) is 0 Å². The van der Waals surface area contributed by atoms with Crippen molar-refractivity contribution in [2.45, 2.75) is 13.8 Å². The molecule has 0 fully saturated rings. The Kier molecular flexibility index (Phi) is 2.69. The number of hydrogen-bond acceptors (Lipinski definition) is 3. The maximum Gasteiger partial charge on any atom is 0.179 e. The highest BCUT2D eigenvalue weighted by Gasteiger charge is 1.96. The smallest absolute Gasteiger partial charge is 0.179 e. The van der Waals surface area contributed by atoms with Crippen molar-refractivity contribution >= 4 is 5.78 Å². The molecule has 0 aromatic rings. The highest BCUT2D eigenvalue weighted by molar-refractivity contribution is 5.92. The molecule has 0 saturated heterocycles. The molecule has 3 heteroatoms. The van der Waals surface area contributed by atoms with E-state index in [1.54, 1.807) is 6.92 Å². The molecule has 44 valence electrons. The van der Waals surface area contributed by atoms with Crippen molar-refractivity contribution in [1.82, 2.24) is 0 Å². The summed E-state index contributed by atoms with van der Waals surface area (Å²) in [6, 6.07) is 0. The molecule has 0 aliphatic carbocycles. The van der Waals surface area contributed by atoms with Gasteiger partial charge in [-0.25, -0.2) is 5.53 Å². The van der Waals surface area contributed by atoms with E-state index >= 15 is 0 Å². The predicted octanol–water partition coefficient (Wildman–Crippen LogP) is 1.51. The topological polar surface area (TPSA) is 53.3 Å². The SMILES string of the molecule is C/C=C(\N=N)C(C)=O. The van der Waals surface area contributed by atoms with Crippen LogP contribution in [0.2, 0.25) is 0 Å². The molecule has 0 aromatic heterocycles. The summed E-state index contributed by atoms with van der Waals surface area (Å²) in [6.45, 7) is 3.06. The molecule has 0 unspecified atom stereocenters. The molecule has 0 aliphatic rings. The lowest BCUT2D eigenvalue weighted by Crippen LogP contribution is -1.90. The van der Waals surface area contributed by atoms with Crippen molar-refractivity contribution < 1.29 is 4.79 Å². The second kappa shape index (κ2) is 3.07. The first kappa shape index (κ1) is 7.01. The number of ketones is 1. The van der Waals surface area contributed by atoms with Crippen LogP contribution in [0.1, 0.15) is 13.8 Å². The number of carbonyl (C=O) groups is 1. The van der Waals surface area contributed by atoms with Crippen molar-refractivity contribution in [3.8, 4) is 0 Å². The first-order valence-electron chi connectivity index (χ1n) is 2.27. The molecule has 1 N–H and O–H groups in total. The van der Waals surface area contributed by atoms with Crippen LogP contribution in [0.3, 0.4) is 0 Å². The Balaban J connectivity index is 4.13. The van der Waals surface area contributed by atoms with E-state index in [2.05, 4.69) is 5.11 Å². The summed E-state index contributed by atoms with van der Waals surface area (Å²) in [7, 11) is 0. The third-order valence-electron chi connectivity index (χ3n) is 0.755. The van der Waals surface area contributed by atoms with Crippen LogP contribution in [0.5, 0.6) is 0 Å². The van der Waals surface area contributed by atoms with Gasteiger partial charge in [-0.1, -0.05) is 6.08 Å². The van der Waals surface area contributed by atoms with Crippen LogP contribution in [0.25, 0.3) is 0 Å². The summed E-state index contributed by atoms with van der Waals surface area (Å²) >= 11 is 0. The van der Waals surface area contributed by atoms with Crippen molar-refractivity contribution in [3.63, 3.8) is 0 Å². The number of Topliss-reactive ketones (excluding diaryl/α,β-unsaturated/α-hetero) is 1. The Morgan fingerprint density at radius 2 is 2.25 bits per heavy atom. The Morgan fingerprint density at radius 1 is 1.75 bits per heavy atom. The molecular formula is C5H8N2O. The minimum Gasteiger partial charge on any atom is -0.293 e. The first-order chi connectivity index (χ1) is 3.72. The summed E-state index contributed by atoms with van der Waals surface area (Å²) in [5, 5.41) is 2.97. The number of allylic oxidation sites excluding steroid dienone is 2. The maximum atomic E-state index is 10.3. The van der Waals surface area contributed by atoms with Crippen LogP contribution in [0.4, 0.5) is 0 Å². The Hall–Kier alpha value is -0.990. The molecule has 0 amide bonds. The fourth-order valence-electron chi connectivity index (χ4n) is 0.347. The molecule has 0 bridgehead atoms. The van der Waals surface area contributed by atoms with E-state index in [4.69, 9.17) is 5.53 Å². The molecule has 3 nitrogen and oxygen atoms in total. The number of rotatable bonds is 2. The van der Waals surface area contributed by atoms with Gasteiger partial charge in [0.05, 0.1) is 0 Å². The van der Waals surface area contributed by atoms with Crippen molar-refractivity contribution in [1.29, 1.82) is 5.53 Å². The Morgan fingerprint density at radius 3 is 2.25 bits per heavy atom. The highest BCUT2D eigenvalue weighted by atomic mass is 16.1. The molecule has 0 atom stereocenters. The summed E-state index contributed by atoms with van der Waals surface area (Å²) < 4.78 is 0. The van der Waals surface area contributed by atoms with E-state index in [9.17, 15) is 4.79 Å². The van der Waals surface area contributed by atoms with E-state index in [0.717, 1.165) is 0 Å². The summed E-state index contributed by atoms with van der Waals surface area (Å²) in [6.07, 6.45) is 1.51. The Labute approximate surface area is 47.9 Å². The van der Waals surface area contributed by atoms with Crippen LogP contribution in [-0.4, -0.2) is 5.78 Å². The van der Waals surface area contributed by atoms with E-state index < -0.39 is 0 Å². The fraction of sp³-hybridized carbons (Fsp3) is 0.400. The van der Waals surface area contributed by atoms with Gasteiger partial charge in [-0.3, -0.25) is 4.79 Å². The second-order valence-corrected chi connectivity index (χ2v) is 1.34. The van der Waals surface area contributed by atoms with Gasteiger partial charge in [-0.05, 0) is 6.92 Å². The second-order valence-electron chi connectivity index (χ2n) is 1.34. The average molecular weight is 112 g/mol. The molecule has 0 aliphatic heterocycles. The lowest BCUT2D eigenvalue weighted by Gasteiger charge is -1.85. The Bertz CT molecular complexity index is 137. The lowest BCUT2D eigenvalue weighted by molar-refractivity contribution is -0.113. The van der Waals surface area contributed by atoms with Crippen LogP contribution < -0.4 is 0 Å². The quantitative estimate of drug-likeness (QED) is 0.427. The van der Waals surface area contributed by atoms with Gasteiger partial charge < -0.3 is 0 Å². The van der Waals surface area contributed by atoms with Crippen molar-refractivity contribution in [2.24, 2.45) is 5.11 Å². The maximum absolute atomic E-state index is 10.3. The van der Waals surface area contributed by atoms with Gasteiger partial charge in [0.2, 0.25) is 0 Å². The number of nitrogens with zero attached hydrogens (tertiary/aromatic N) is 1. The first-order valence-corrected chi connectivity index (χ1v) is 2.27. The monoisotopic (exact) mass is 112 g/mol. The number of hydrogen-bond donors (Lipinski definition) is 1. The van der Waals surface area contributed by atoms with E-state index in [1.165, 1.54) is 13.0 Å². The fourth-order valence-corrected chi connectivity index (χ4v) is 0.347. The molecule has 0 radical (unpaired) electrons. The van der Waals surface area contributed by atoms with Gasteiger partial charge in [-0.15, -0.1) is 0 Å². The predicted molar refractivity (Wildman–Crippen MR) is 29.6 cm³/mol. The molecule has 0 saturated carbocycles. The number of carbonyl (C=O) groups excluding carboxylic acids is 1. The van der Waals surface area contributed by atoms with Crippen LogP contribution in [0.15, 0.2) is 16.9 Å². The zero-order valence-electron chi connectivity index (χ0n) is 4.93. The third-order valence-corrected chi connectivity index (χ3v) is 0.755. The number of nitrogens with one attached hydrogen (secondary N) is 1. The van der Waals surface area contributed by atoms with Gasteiger partial charge >= 0.3 is 0 Å². The van der Waals surface area contributed by atoms with Crippen LogP contribution in [-0.2, 0) is 4.79 Å². The summed E-state index contributed by atoms with van der Waals surface area (Å²) in [5.41, 5.74) is 6.64. The third kappa shape index (κ3) is 1.64. The lowest BCUT2D eigenvalue weighted by atomic mass is 10.3. The van der Waals surface area contributed by atoms with Gasteiger partial charge in [0.15, 0.2) is 5.78 Å². The van der Waals surface area contributed by atoms with Crippen molar-refractivity contribution in [2.75, 3.05) is 0 Å². The largest absolute Gasteiger partial charge is 0.293 e. The van der Waals surface area contributed by atoms with E-state index in [-0.39, 0.29) is 11.5 Å². The zero-order valence-corrected chi connectivity index (χ0v) is 4.93. The summed E-state index contributed by atoms with van der Waals surface area (Å²) in [5.74, 6) is -0.164. The zero-order chi connectivity index (χ0) is 6.57. The van der Waals surface area contributed by atoms with Gasteiger partial charge in [0, 0.05) is 6.92 Å². The molecule has 0 spiro atoms. The normalized spacial score (nSPS) is 11.0. The molecule has 0 aromatic carbocycles. The highest BCUT2D eigenvalue weighted by Crippen LogP contribution is 1.94.